The van der Waals surface area contributed by atoms with Gasteiger partial charge in [0.2, 0.25) is 0 Å². The van der Waals surface area contributed by atoms with Gasteiger partial charge >= 0.3 is 0 Å². The van der Waals surface area contributed by atoms with Crippen LogP contribution in [0.1, 0.15) is 31.2 Å². The molecule has 6 heteroatoms. The molecule has 0 atom stereocenters. The van der Waals surface area contributed by atoms with E-state index in [1.807, 2.05) is 0 Å². The predicted octanol–water partition coefficient (Wildman–Crippen LogP) is 2.76. The van der Waals surface area contributed by atoms with E-state index in [2.05, 4.69) is 15.9 Å². The number of sulfone groups is 1. The lowest BCUT2D eigenvalue weighted by molar-refractivity contribution is 0.447. The zero-order valence-electron chi connectivity index (χ0n) is 10.7. The van der Waals surface area contributed by atoms with Gasteiger partial charge in [0.05, 0.1) is 0 Å². The molecule has 0 heterocycles. The van der Waals surface area contributed by atoms with E-state index in [-0.39, 0.29) is 14.8 Å². The summed E-state index contributed by atoms with van der Waals surface area (Å²) in [6, 6.07) is 3.04. The molecule has 1 aliphatic carbocycles. The van der Waals surface area contributed by atoms with Crippen molar-refractivity contribution in [2.45, 2.75) is 36.0 Å². The third kappa shape index (κ3) is 2.71. The van der Waals surface area contributed by atoms with Crippen molar-refractivity contribution in [1.29, 1.82) is 0 Å². The number of benzene rings is 1. The molecule has 19 heavy (non-hydrogen) atoms. The molecule has 0 aliphatic heterocycles. The van der Waals surface area contributed by atoms with Gasteiger partial charge in [0.1, 0.15) is 10.7 Å². The third-order valence-corrected chi connectivity index (χ3v) is 5.98. The summed E-state index contributed by atoms with van der Waals surface area (Å²) in [6.45, 7) is 0.455. The van der Waals surface area contributed by atoms with Crippen LogP contribution in [-0.4, -0.2) is 21.2 Å². The van der Waals surface area contributed by atoms with Crippen LogP contribution in [0.4, 0.5) is 4.39 Å². The fraction of sp³-hybridized carbons (Fsp3) is 0.538. The number of hydrogen-bond acceptors (Lipinski definition) is 3. The van der Waals surface area contributed by atoms with Crippen LogP contribution < -0.4 is 5.73 Å². The first-order chi connectivity index (χ1) is 8.80. The molecular weight excluding hydrogens is 333 g/mol. The molecule has 0 amide bonds. The summed E-state index contributed by atoms with van der Waals surface area (Å²) in [6.07, 6.45) is 5.00. The Morgan fingerprint density at radius 1 is 1.37 bits per heavy atom. The van der Waals surface area contributed by atoms with Crippen molar-refractivity contribution >= 4 is 25.8 Å². The van der Waals surface area contributed by atoms with E-state index < -0.39 is 15.7 Å². The van der Waals surface area contributed by atoms with Crippen LogP contribution >= 0.6 is 15.9 Å². The molecule has 3 nitrogen and oxygen atoms in total. The largest absolute Gasteiger partial charge is 0.330 e. The van der Waals surface area contributed by atoms with Crippen LogP contribution in [0.5, 0.6) is 0 Å². The maximum Gasteiger partial charge on any atom is 0.179 e. The molecule has 0 aromatic heterocycles. The van der Waals surface area contributed by atoms with E-state index in [9.17, 15) is 12.8 Å². The second-order valence-corrected chi connectivity index (χ2v) is 8.04. The number of hydrogen-bond donors (Lipinski definition) is 1. The Kier molecular flexibility index (Phi) is 4.05. The van der Waals surface area contributed by atoms with Gasteiger partial charge in [-0.3, -0.25) is 0 Å². The molecule has 1 saturated carbocycles. The molecule has 106 valence electrons. The minimum atomic E-state index is -3.58. The van der Waals surface area contributed by atoms with Gasteiger partial charge in [-0.2, -0.15) is 0 Å². The quantitative estimate of drug-likeness (QED) is 0.912. The first-order valence-electron chi connectivity index (χ1n) is 6.20. The first kappa shape index (κ1) is 14.9. The van der Waals surface area contributed by atoms with E-state index >= 15 is 0 Å². The van der Waals surface area contributed by atoms with Crippen molar-refractivity contribution in [3.05, 3.63) is 28.0 Å². The van der Waals surface area contributed by atoms with E-state index in [1.165, 1.54) is 6.07 Å². The van der Waals surface area contributed by atoms with Gasteiger partial charge in [0.15, 0.2) is 9.84 Å². The molecule has 0 radical (unpaired) electrons. The Morgan fingerprint density at radius 2 is 1.95 bits per heavy atom. The molecule has 0 spiro atoms. The fourth-order valence-electron chi connectivity index (χ4n) is 2.88. The smallest absolute Gasteiger partial charge is 0.179 e. The lowest BCUT2D eigenvalue weighted by Gasteiger charge is -2.28. The Labute approximate surface area is 121 Å². The summed E-state index contributed by atoms with van der Waals surface area (Å²) < 4.78 is 37.5. The van der Waals surface area contributed by atoms with Crippen LogP contribution in [0, 0.1) is 5.82 Å². The fourth-order valence-corrected chi connectivity index (χ4v) is 5.03. The average molecular weight is 350 g/mol. The Bertz CT molecular complexity index is 572. The minimum absolute atomic E-state index is 0.209. The molecular formula is C13H17BrFNO2S. The van der Waals surface area contributed by atoms with Gasteiger partial charge < -0.3 is 5.73 Å². The maximum absolute atomic E-state index is 14.1. The Hall–Kier alpha value is -0.460. The molecule has 2 N–H and O–H groups in total. The summed E-state index contributed by atoms with van der Waals surface area (Å²) in [7, 11) is -3.58. The molecule has 0 saturated heterocycles. The Balaban J connectivity index is 2.57. The van der Waals surface area contributed by atoms with Gasteiger partial charge in [-0.1, -0.05) is 12.8 Å². The maximum atomic E-state index is 14.1. The Morgan fingerprint density at radius 3 is 2.37 bits per heavy atom. The lowest BCUT2D eigenvalue weighted by Crippen LogP contribution is -2.32. The number of rotatable bonds is 3. The highest BCUT2D eigenvalue weighted by Crippen LogP contribution is 2.42. The lowest BCUT2D eigenvalue weighted by atomic mass is 9.79. The molecule has 0 bridgehead atoms. The molecule has 1 fully saturated rings. The zero-order valence-corrected chi connectivity index (χ0v) is 13.2. The highest BCUT2D eigenvalue weighted by molar-refractivity contribution is 9.10. The summed E-state index contributed by atoms with van der Waals surface area (Å²) >= 11 is 3.17. The molecule has 0 unspecified atom stereocenters. The van der Waals surface area contributed by atoms with Crippen molar-refractivity contribution in [3.63, 3.8) is 0 Å². The predicted molar refractivity (Wildman–Crippen MR) is 76.4 cm³/mol. The molecule has 1 aromatic carbocycles. The van der Waals surface area contributed by atoms with E-state index in [0.29, 0.717) is 6.54 Å². The monoisotopic (exact) mass is 349 g/mol. The van der Waals surface area contributed by atoms with Gasteiger partial charge in [-0.05, 0) is 46.5 Å². The van der Waals surface area contributed by atoms with Crippen molar-refractivity contribution in [3.8, 4) is 0 Å². The SMILES string of the molecule is CS(=O)(=O)c1c(F)cc(C2(CN)CCCC2)cc1Br. The topological polar surface area (TPSA) is 60.2 Å². The van der Waals surface area contributed by atoms with Gasteiger partial charge in [-0.15, -0.1) is 0 Å². The second kappa shape index (κ2) is 5.14. The van der Waals surface area contributed by atoms with E-state index in [1.54, 1.807) is 6.07 Å². The molecule has 1 aromatic rings. The van der Waals surface area contributed by atoms with Crippen molar-refractivity contribution in [2.75, 3.05) is 12.8 Å². The summed E-state index contributed by atoms with van der Waals surface area (Å²) in [5, 5.41) is 0. The third-order valence-electron chi connectivity index (χ3n) is 3.93. The number of halogens is 2. The second-order valence-electron chi connectivity index (χ2n) is 5.23. The van der Waals surface area contributed by atoms with Crippen molar-refractivity contribution in [2.24, 2.45) is 5.73 Å². The first-order valence-corrected chi connectivity index (χ1v) is 8.88. The zero-order chi connectivity index (χ0) is 14.3. The summed E-state index contributed by atoms with van der Waals surface area (Å²) in [5.74, 6) is -0.702. The van der Waals surface area contributed by atoms with E-state index in [0.717, 1.165) is 37.5 Å². The summed E-state index contributed by atoms with van der Waals surface area (Å²) in [5.41, 5.74) is 6.46. The van der Waals surface area contributed by atoms with Gasteiger partial charge in [-0.25, -0.2) is 12.8 Å². The minimum Gasteiger partial charge on any atom is -0.330 e. The van der Waals surface area contributed by atoms with Crippen molar-refractivity contribution < 1.29 is 12.8 Å². The van der Waals surface area contributed by atoms with Crippen LogP contribution in [0.3, 0.4) is 0 Å². The van der Waals surface area contributed by atoms with E-state index in [4.69, 9.17) is 5.73 Å². The highest BCUT2D eigenvalue weighted by atomic mass is 79.9. The molecule has 2 rings (SSSR count). The van der Waals surface area contributed by atoms with Crippen LogP contribution in [0.15, 0.2) is 21.5 Å². The van der Waals surface area contributed by atoms with Crippen LogP contribution in [0.25, 0.3) is 0 Å². The standard InChI is InChI=1S/C13H17BrFNO2S/c1-19(17,18)12-10(14)6-9(7-11(12)15)13(8-16)4-2-3-5-13/h6-7H,2-5,8,16H2,1H3. The number of nitrogens with two attached hydrogens (primary N) is 1. The highest BCUT2D eigenvalue weighted by Gasteiger charge is 2.35. The molecule has 1 aliphatic rings. The average Bonchev–Trinajstić information content (AvgIpc) is 2.75. The van der Waals surface area contributed by atoms with Crippen molar-refractivity contribution in [1.82, 2.24) is 0 Å². The van der Waals surface area contributed by atoms with Gasteiger partial charge in [0, 0.05) is 22.7 Å². The van der Waals surface area contributed by atoms with Crippen LogP contribution in [0.2, 0.25) is 0 Å². The van der Waals surface area contributed by atoms with Gasteiger partial charge in [0.25, 0.3) is 0 Å². The normalized spacial score (nSPS) is 18.7. The van der Waals surface area contributed by atoms with Crippen LogP contribution in [-0.2, 0) is 15.3 Å². The summed E-state index contributed by atoms with van der Waals surface area (Å²) in [4.78, 5) is -0.276.